The van der Waals surface area contributed by atoms with Gasteiger partial charge < -0.3 is 20.4 Å². The molecule has 0 spiro atoms. The number of nitrogens with zero attached hydrogens (tertiary/aromatic N) is 4. The molecule has 0 radical (unpaired) electrons. The third-order valence-electron chi connectivity index (χ3n) is 5.29. The summed E-state index contributed by atoms with van der Waals surface area (Å²) in [7, 11) is 0. The van der Waals surface area contributed by atoms with E-state index in [1.165, 1.54) is 0 Å². The number of rotatable bonds is 7. The fourth-order valence-electron chi connectivity index (χ4n) is 3.65. The van der Waals surface area contributed by atoms with E-state index >= 15 is 0 Å². The van der Waals surface area contributed by atoms with Crippen molar-refractivity contribution in [2.24, 2.45) is 5.92 Å². The largest absolute Gasteiger partial charge is 0.412 e. The van der Waals surface area contributed by atoms with E-state index in [9.17, 15) is 9.90 Å². The van der Waals surface area contributed by atoms with Gasteiger partial charge in [-0.05, 0) is 42.9 Å². The average Bonchev–Trinajstić information content (AvgIpc) is 2.73. The lowest BCUT2D eigenvalue weighted by molar-refractivity contribution is -0.131. The molecule has 0 saturated carbocycles. The molecule has 1 aliphatic heterocycles. The molecule has 7 heteroatoms. The van der Waals surface area contributed by atoms with E-state index in [1.54, 1.807) is 12.4 Å². The molecule has 1 saturated heterocycles. The Bertz CT molecular complexity index is 733. The second-order valence-electron chi connectivity index (χ2n) is 7.02. The van der Waals surface area contributed by atoms with Crippen molar-refractivity contribution in [3.05, 3.63) is 53.9 Å². The number of carbonyl (C=O) groups is 1. The molecule has 1 aromatic carbocycles. The van der Waals surface area contributed by atoms with Gasteiger partial charge in [0.1, 0.15) is 0 Å². The van der Waals surface area contributed by atoms with Crippen molar-refractivity contribution >= 4 is 11.9 Å². The minimum atomic E-state index is -0.0321. The fourth-order valence-corrected chi connectivity index (χ4v) is 3.65. The lowest BCUT2D eigenvalue weighted by atomic mass is 9.96. The second-order valence-corrected chi connectivity index (χ2v) is 7.02. The number of hydrogen-bond donors (Lipinski definition) is 1. The van der Waals surface area contributed by atoms with Crippen LogP contribution in [0.5, 0.6) is 0 Å². The molecular weight excluding hydrogens is 356 g/mol. The summed E-state index contributed by atoms with van der Waals surface area (Å²) >= 11 is 0. The summed E-state index contributed by atoms with van der Waals surface area (Å²) in [5.41, 5.74) is 1.75. The van der Waals surface area contributed by atoms with Crippen LogP contribution in [0.4, 0.5) is 5.95 Å². The third-order valence-corrected chi connectivity index (χ3v) is 5.29. The standard InChI is InChI=1S/C21H28N4O2.H2O/c1-2-24(20(27)14-18-6-3-4-7-19(18)16-26)15-17-8-12-25(13-9-17)21-22-10-5-11-23-21;/h3-7,10-11,17,26H,2,8-9,12-16H2,1H3;1H2. The second kappa shape index (κ2) is 10.7. The van der Waals surface area contributed by atoms with E-state index in [0.717, 1.165) is 49.6 Å². The van der Waals surface area contributed by atoms with Gasteiger partial charge in [0.05, 0.1) is 13.0 Å². The van der Waals surface area contributed by atoms with Crippen LogP contribution in [0.1, 0.15) is 30.9 Å². The van der Waals surface area contributed by atoms with Crippen molar-refractivity contribution in [1.29, 1.82) is 0 Å². The predicted molar refractivity (Wildman–Crippen MR) is 109 cm³/mol. The summed E-state index contributed by atoms with van der Waals surface area (Å²) < 4.78 is 0. The van der Waals surface area contributed by atoms with Gasteiger partial charge in [0.25, 0.3) is 0 Å². The number of benzene rings is 1. The Labute approximate surface area is 166 Å². The summed E-state index contributed by atoms with van der Waals surface area (Å²) in [6.07, 6.45) is 5.97. The fraction of sp³-hybridized carbons (Fsp3) is 0.476. The SMILES string of the molecule is CCN(CC1CCN(c2ncccn2)CC1)C(=O)Cc1ccccc1CO.O. The zero-order chi connectivity index (χ0) is 19.1. The maximum atomic E-state index is 12.8. The molecule has 28 heavy (non-hydrogen) atoms. The first-order chi connectivity index (χ1) is 13.2. The number of amides is 1. The number of carbonyl (C=O) groups excluding carboxylic acids is 1. The maximum absolute atomic E-state index is 12.8. The molecule has 1 fully saturated rings. The van der Waals surface area contributed by atoms with Gasteiger partial charge in [-0.1, -0.05) is 24.3 Å². The van der Waals surface area contributed by atoms with Crippen molar-refractivity contribution < 1.29 is 15.4 Å². The number of aliphatic hydroxyl groups is 1. The van der Waals surface area contributed by atoms with Gasteiger partial charge in [0.15, 0.2) is 0 Å². The van der Waals surface area contributed by atoms with E-state index in [4.69, 9.17) is 0 Å². The number of aromatic nitrogens is 2. The highest BCUT2D eigenvalue weighted by molar-refractivity contribution is 5.79. The number of piperidine rings is 1. The molecular formula is C21H30N4O3. The zero-order valence-electron chi connectivity index (χ0n) is 16.4. The summed E-state index contributed by atoms with van der Waals surface area (Å²) in [4.78, 5) is 25.6. The van der Waals surface area contributed by atoms with Crippen LogP contribution in [-0.2, 0) is 17.8 Å². The van der Waals surface area contributed by atoms with Crippen LogP contribution in [0.2, 0.25) is 0 Å². The third kappa shape index (κ3) is 5.50. The number of hydrogen-bond acceptors (Lipinski definition) is 5. The Balaban J connectivity index is 0.00000280. The molecule has 2 heterocycles. The van der Waals surface area contributed by atoms with Crippen LogP contribution >= 0.6 is 0 Å². The summed E-state index contributed by atoms with van der Waals surface area (Å²) in [6.45, 7) is 5.35. The molecule has 152 valence electrons. The first-order valence-corrected chi connectivity index (χ1v) is 9.68. The van der Waals surface area contributed by atoms with E-state index in [1.807, 2.05) is 42.2 Å². The lowest BCUT2D eigenvalue weighted by Gasteiger charge is -2.34. The predicted octanol–water partition coefficient (Wildman–Crippen LogP) is 1.45. The monoisotopic (exact) mass is 386 g/mol. The molecule has 0 bridgehead atoms. The van der Waals surface area contributed by atoms with Gasteiger partial charge in [0, 0.05) is 38.6 Å². The first kappa shape index (κ1) is 21.8. The Hall–Kier alpha value is -2.51. The van der Waals surface area contributed by atoms with Crippen LogP contribution in [0.3, 0.4) is 0 Å². The summed E-state index contributed by atoms with van der Waals surface area (Å²) in [5, 5.41) is 9.47. The van der Waals surface area contributed by atoms with E-state index in [2.05, 4.69) is 14.9 Å². The number of likely N-dealkylation sites (N-methyl/N-ethyl adjacent to an activating group) is 1. The Morgan fingerprint density at radius 1 is 1.14 bits per heavy atom. The van der Waals surface area contributed by atoms with Crippen molar-refractivity contribution in [2.75, 3.05) is 31.1 Å². The molecule has 1 amide bonds. The molecule has 3 rings (SSSR count). The molecule has 1 aliphatic rings. The molecule has 3 N–H and O–H groups in total. The molecule has 0 atom stereocenters. The van der Waals surface area contributed by atoms with E-state index in [-0.39, 0.29) is 18.0 Å². The Morgan fingerprint density at radius 3 is 2.39 bits per heavy atom. The Kier molecular flexibility index (Phi) is 8.35. The quantitative estimate of drug-likeness (QED) is 0.776. The molecule has 1 aromatic heterocycles. The van der Waals surface area contributed by atoms with Gasteiger partial charge in [-0.25, -0.2) is 9.97 Å². The van der Waals surface area contributed by atoms with Crippen LogP contribution in [0, 0.1) is 5.92 Å². The van der Waals surface area contributed by atoms with Gasteiger partial charge in [-0.3, -0.25) is 4.79 Å². The Morgan fingerprint density at radius 2 is 1.79 bits per heavy atom. The van der Waals surface area contributed by atoms with Gasteiger partial charge in [-0.2, -0.15) is 0 Å². The topological polar surface area (TPSA) is 101 Å². The maximum Gasteiger partial charge on any atom is 0.227 e. The minimum Gasteiger partial charge on any atom is -0.412 e. The highest BCUT2D eigenvalue weighted by atomic mass is 16.3. The molecule has 7 nitrogen and oxygen atoms in total. The van der Waals surface area contributed by atoms with E-state index in [0.29, 0.717) is 18.9 Å². The minimum absolute atomic E-state index is 0. The number of anilines is 1. The van der Waals surface area contributed by atoms with Crippen molar-refractivity contribution in [2.45, 2.75) is 32.8 Å². The zero-order valence-corrected chi connectivity index (χ0v) is 16.4. The van der Waals surface area contributed by atoms with Gasteiger partial charge in [0.2, 0.25) is 11.9 Å². The van der Waals surface area contributed by atoms with Crippen LogP contribution in [0.25, 0.3) is 0 Å². The van der Waals surface area contributed by atoms with Crippen molar-refractivity contribution in [1.82, 2.24) is 14.9 Å². The van der Waals surface area contributed by atoms with Gasteiger partial charge >= 0.3 is 0 Å². The average molecular weight is 386 g/mol. The van der Waals surface area contributed by atoms with Crippen LogP contribution in [0.15, 0.2) is 42.7 Å². The lowest BCUT2D eigenvalue weighted by Crippen LogP contribution is -2.41. The van der Waals surface area contributed by atoms with Crippen LogP contribution in [-0.4, -0.2) is 57.5 Å². The van der Waals surface area contributed by atoms with Crippen LogP contribution < -0.4 is 4.90 Å². The normalized spacial score (nSPS) is 14.4. The number of aliphatic hydroxyl groups excluding tert-OH is 1. The highest BCUT2D eigenvalue weighted by Crippen LogP contribution is 2.22. The summed E-state index contributed by atoms with van der Waals surface area (Å²) in [6, 6.07) is 9.44. The molecule has 0 unspecified atom stereocenters. The smallest absolute Gasteiger partial charge is 0.227 e. The van der Waals surface area contributed by atoms with Gasteiger partial charge in [-0.15, -0.1) is 0 Å². The molecule has 2 aromatic rings. The molecule has 0 aliphatic carbocycles. The summed E-state index contributed by atoms with van der Waals surface area (Å²) in [5.74, 6) is 1.43. The highest BCUT2D eigenvalue weighted by Gasteiger charge is 2.24. The van der Waals surface area contributed by atoms with Crippen molar-refractivity contribution in [3.8, 4) is 0 Å². The van der Waals surface area contributed by atoms with Crippen molar-refractivity contribution in [3.63, 3.8) is 0 Å². The first-order valence-electron chi connectivity index (χ1n) is 9.68. The van der Waals surface area contributed by atoms with E-state index < -0.39 is 0 Å².